The third kappa shape index (κ3) is 2.92. The molecule has 0 unspecified atom stereocenters. The predicted octanol–water partition coefficient (Wildman–Crippen LogP) is 1.99. The molecule has 1 aliphatic rings. The van der Waals surface area contributed by atoms with E-state index in [0.29, 0.717) is 0 Å². The zero-order valence-corrected chi connectivity index (χ0v) is 13.5. The Morgan fingerprint density at radius 2 is 1.71 bits per heavy atom. The predicted molar refractivity (Wildman–Crippen MR) is 82.7 cm³/mol. The average molecular weight is 287 g/mol. The monoisotopic (exact) mass is 287 g/mol. The highest BCUT2D eigenvalue weighted by atomic mass is 16.7. The molecule has 112 valence electrons. The summed E-state index contributed by atoms with van der Waals surface area (Å²) in [5.74, 6) is 2.73. The molecule has 1 saturated heterocycles. The Morgan fingerprint density at radius 1 is 1.14 bits per heavy atom. The minimum Gasteiger partial charge on any atom is -0.462 e. The summed E-state index contributed by atoms with van der Waals surface area (Å²) >= 11 is 0. The van der Waals surface area contributed by atoms with E-state index in [0.717, 1.165) is 11.2 Å². The molecule has 1 N–H and O–H groups in total. The van der Waals surface area contributed by atoms with Gasteiger partial charge in [0.1, 0.15) is 6.11 Å². The Bertz CT molecular complexity index is 566. The van der Waals surface area contributed by atoms with Gasteiger partial charge in [-0.25, -0.2) is 0 Å². The largest absolute Gasteiger partial charge is 0.496 e. The highest BCUT2D eigenvalue weighted by Crippen LogP contribution is 2.36. The topological polar surface area (TPSA) is 51.6 Å². The highest BCUT2D eigenvalue weighted by molar-refractivity contribution is 6.62. The Hall–Kier alpha value is -1.51. The lowest BCUT2D eigenvalue weighted by Gasteiger charge is -2.32. The molecule has 1 aromatic rings. The third-order valence-electron chi connectivity index (χ3n) is 4.32. The zero-order valence-electron chi connectivity index (χ0n) is 13.5. The first-order valence-electron chi connectivity index (χ1n) is 7.07. The quantitative estimate of drug-likeness (QED) is 0.667. The zero-order chi connectivity index (χ0) is 15.9. The van der Waals surface area contributed by atoms with Crippen LogP contribution in [0.15, 0.2) is 18.3 Å². The van der Waals surface area contributed by atoms with E-state index in [-0.39, 0.29) is 11.2 Å². The summed E-state index contributed by atoms with van der Waals surface area (Å²) in [6, 6.07) is 3.83. The maximum absolute atomic E-state index is 8.78. The Balaban J connectivity index is 2.23. The fourth-order valence-corrected chi connectivity index (χ4v) is 2.10. The minimum absolute atomic E-state index is 0.363. The van der Waals surface area contributed by atoms with Crippen LogP contribution in [-0.2, 0) is 14.7 Å². The molecule has 2 rings (SSSR count). The average Bonchev–Trinajstić information content (AvgIpc) is 2.59. The number of nitrogens with zero attached hydrogens (tertiary/aromatic N) is 1. The highest BCUT2D eigenvalue weighted by Gasteiger charge is 2.51. The molecule has 0 radical (unpaired) electrons. The summed E-state index contributed by atoms with van der Waals surface area (Å²) in [6.07, 6.45) is 3.71. The lowest BCUT2D eigenvalue weighted by molar-refractivity contribution is 0.00578. The van der Waals surface area contributed by atoms with Crippen LogP contribution < -0.4 is 5.46 Å². The van der Waals surface area contributed by atoms with Gasteiger partial charge < -0.3 is 14.4 Å². The molecule has 21 heavy (non-hydrogen) atoms. The summed E-state index contributed by atoms with van der Waals surface area (Å²) in [5, 5.41) is 8.78. The fraction of sp³-hybridized carbons (Fsp3) is 0.562. The van der Waals surface area contributed by atoms with E-state index in [1.807, 2.05) is 59.8 Å². The van der Waals surface area contributed by atoms with Gasteiger partial charge in [0, 0.05) is 11.7 Å². The summed E-state index contributed by atoms with van der Waals surface area (Å²) in [6.45, 7) is 11.9. The van der Waals surface area contributed by atoms with Crippen LogP contribution in [0.25, 0.3) is 0 Å². The van der Waals surface area contributed by atoms with Crippen LogP contribution in [0.2, 0.25) is 0 Å². The van der Waals surface area contributed by atoms with Crippen molar-refractivity contribution < 1.29 is 14.4 Å². The van der Waals surface area contributed by atoms with Crippen molar-refractivity contribution in [2.75, 3.05) is 0 Å². The molecule has 0 bridgehead atoms. The molecular weight excluding hydrogens is 265 g/mol. The van der Waals surface area contributed by atoms with E-state index in [9.17, 15) is 0 Å². The fourth-order valence-electron chi connectivity index (χ4n) is 2.10. The third-order valence-corrected chi connectivity index (χ3v) is 4.32. The summed E-state index contributed by atoms with van der Waals surface area (Å²) in [7, 11) is -0.413. The number of aliphatic hydroxyl groups is 1. The van der Waals surface area contributed by atoms with Crippen molar-refractivity contribution >= 4 is 12.6 Å². The standard InChI is InChI=1S/C16H22BNO3/c1-14(2,9-10-19)13-8-7-12(11-18-13)17-20-15(3,4)16(5,6)21-17/h7-8,11,19H,1-6H3. The van der Waals surface area contributed by atoms with Gasteiger partial charge in [0.2, 0.25) is 0 Å². The first-order valence-corrected chi connectivity index (χ1v) is 7.07. The summed E-state index contributed by atoms with van der Waals surface area (Å²) in [5.41, 5.74) is 0.452. The van der Waals surface area contributed by atoms with Gasteiger partial charge in [-0.05, 0) is 53.5 Å². The van der Waals surface area contributed by atoms with Gasteiger partial charge in [0.25, 0.3) is 0 Å². The Labute approximate surface area is 127 Å². The molecule has 0 amide bonds. The van der Waals surface area contributed by atoms with Gasteiger partial charge in [-0.1, -0.05) is 6.07 Å². The van der Waals surface area contributed by atoms with Crippen molar-refractivity contribution in [3.8, 4) is 12.0 Å². The van der Waals surface area contributed by atoms with Crippen LogP contribution in [0.1, 0.15) is 47.2 Å². The van der Waals surface area contributed by atoms with Crippen LogP contribution in [0, 0.1) is 12.0 Å². The second-order valence-corrected chi connectivity index (χ2v) is 6.93. The molecule has 2 heterocycles. The van der Waals surface area contributed by atoms with E-state index in [1.165, 1.54) is 0 Å². The van der Waals surface area contributed by atoms with Crippen molar-refractivity contribution in [2.45, 2.75) is 58.2 Å². The van der Waals surface area contributed by atoms with Crippen LogP contribution >= 0.6 is 0 Å². The van der Waals surface area contributed by atoms with Crippen LogP contribution in [0.5, 0.6) is 0 Å². The van der Waals surface area contributed by atoms with Crippen molar-refractivity contribution in [1.82, 2.24) is 4.98 Å². The van der Waals surface area contributed by atoms with Crippen molar-refractivity contribution in [2.24, 2.45) is 0 Å². The van der Waals surface area contributed by atoms with Gasteiger partial charge in [0.05, 0.1) is 22.3 Å². The molecule has 1 fully saturated rings. The number of aliphatic hydroxyl groups excluding tert-OH is 1. The van der Waals surface area contributed by atoms with E-state index in [4.69, 9.17) is 14.4 Å². The number of rotatable bonds is 2. The molecule has 0 spiro atoms. The lowest BCUT2D eigenvalue weighted by Crippen LogP contribution is -2.41. The van der Waals surface area contributed by atoms with Crippen molar-refractivity contribution in [3.05, 3.63) is 24.0 Å². The van der Waals surface area contributed by atoms with E-state index in [2.05, 4.69) is 10.9 Å². The first-order chi connectivity index (χ1) is 9.59. The molecule has 1 aromatic heterocycles. The second-order valence-electron chi connectivity index (χ2n) is 6.93. The molecule has 5 heteroatoms. The van der Waals surface area contributed by atoms with E-state index >= 15 is 0 Å². The number of aromatic nitrogens is 1. The van der Waals surface area contributed by atoms with Gasteiger partial charge in [-0.2, -0.15) is 0 Å². The van der Waals surface area contributed by atoms with Crippen LogP contribution in [0.4, 0.5) is 0 Å². The Kier molecular flexibility index (Phi) is 3.81. The van der Waals surface area contributed by atoms with Gasteiger partial charge in [-0.3, -0.25) is 4.98 Å². The first kappa shape index (κ1) is 15.9. The van der Waals surface area contributed by atoms with Gasteiger partial charge in [0.15, 0.2) is 0 Å². The second kappa shape index (κ2) is 5.05. The van der Waals surface area contributed by atoms with Gasteiger partial charge >= 0.3 is 7.12 Å². The van der Waals surface area contributed by atoms with Crippen molar-refractivity contribution in [1.29, 1.82) is 0 Å². The lowest BCUT2D eigenvalue weighted by atomic mass is 9.79. The maximum atomic E-state index is 8.78. The van der Waals surface area contributed by atoms with Gasteiger partial charge in [-0.15, -0.1) is 0 Å². The number of hydrogen-bond donors (Lipinski definition) is 1. The SMILES string of the molecule is CC(C)(C#CO)c1ccc(B2OC(C)(C)C(C)(C)O2)cn1. The molecule has 4 nitrogen and oxygen atoms in total. The van der Waals surface area contributed by atoms with Crippen molar-refractivity contribution in [3.63, 3.8) is 0 Å². The van der Waals surface area contributed by atoms with E-state index < -0.39 is 12.5 Å². The molecule has 0 saturated carbocycles. The number of pyridine rings is 1. The molecule has 0 atom stereocenters. The summed E-state index contributed by atoms with van der Waals surface area (Å²) in [4.78, 5) is 4.44. The summed E-state index contributed by atoms with van der Waals surface area (Å²) < 4.78 is 12.0. The molecule has 0 aliphatic carbocycles. The smallest absolute Gasteiger partial charge is 0.462 e. The van der Waals surface area contributed by atoms with E-state index in [1.54, 1.807) is 6.20 Å². The Morgan fingerprint density at radius 3 is 2.14 bits per heavy atom. The molecule has 1 aliphatic heterocycles. The number of hydrogen-bond acceptors (Lipinski definition) is 4. The van der Waals surface area contributed by atoms with Crippen LogP contribution in [-0.4, -0.2) is 28.4 Å². The maximum Gasteiger partial charge on any atom is 0.496 e. The molecule has 0 aromatic carbocycles. The minimum atomic E-state index is -0.497. The normalized spacial score (nSPS) is 20.0. The molecular formula is C16H22BNO3. The van der Waals surface area contributed by atoms with Crippen LogP contribution in [0.3, 0.4) is 0 Å².